The number of benzene rings is 1. The number of nitrogens with two attached hydrogens (primary N) is 1. The molecule has 1 unspecified atom stereocenters. The Morgan fingerprint density at radius 2 is 2.05 bits per heavy atom. The van der Waals surface area contributed by atoms with Crippen LogP contribution in [0.3, 0.4) is 0 Å². The van der Waals surface area contributed by atoms with Gasteiger partial charge in [-0.1, -0.05) is 11.6 Å². The average Bonchev–Trinajstić information content (AvgIpc) is 2.53. The number of hydrogen-bond acceptors (Lipinski definition) is 4. The van der Waals surface area contributed by atoms with Gasteiger partial charge >= 0.3 is 0 Å². The second-order valence-electron chi connectivity index (χ2n) is 5.26. The molecular formula is C13H20ClN3O2S. The maximum absolute atomic E-state index is 12.7. The van der Waals surface area contributed by atoms with Gasteiger partial charge in [0.25, 0.3) is 0 Å². The average molecular weight is 318 g/mol. The van der Waals surface area contributed by atoms with Crippen molar-refractivity contribution in [3.63, 3.8) is 0 Å². The Kier molecular flexibility index (Phi) is 4.59. The highest BCUT2D eigenvalue weighted by Gasteiger charge is 2.31. The molecule has 0 amide bonds. The molecule has 0 aromatic heterocycles. The van der Waals surface area contributed by atoms with Gasteiger partial charge in [-0.15, -0.1) is 0 Å². The fourth-order valence-electron chi connectivity index (χ4n) is 2.53. The van der Waals surface area contributed by atoms with Crippen LogP contribution in [0, 0.1) is 0 Å². The van der Waals surface area contributed by atoms with Gasteiger partial charge in [-0.05, 0) is 45.1 Å². The summed E-state index contributed by atoms with van der Waals surface area (Å²) in [6.07, 6.45) is 0.823. The number of likely N-dealkylation sites (N-methyl/N-ethyl adjacent to an activating group) is 1. The van der Waals surface area contributed by atoms with E-state index in [2.05, 4.69) is 4.90 Å². The van der Waals surface area contributed by atoms with E-state index in [1.54, 1.807) is 4.31 Å². The van der Waals surface area contributed by atoms with Crippen LogP contribution >= 0.6 is 11.6 Å². The molecule has 112 valence electrons. The lowest BCUT2D eigenvalue weighted by Crippen LogP contribution is -2.41. The Morgan fingerprint density at radius 1 is 1.35 bits per heavy atom. The minimum Gasteiger partial charge on any atom is -0.397 e. The molecule has 1 atom stereocenters. The predicted molar refractivity (Wildman–Crippen MR) is 81.3 cm³/mol. The molecule has 1 heterocycles. The van der Waals surface area contributed by atoms with E-state index in [0.29, 0.717) is 11.6 Å². The van der Waals surface area contributed by atoms with E-state index in [9.17, 15) is 8.42 Å². The second kappa shape index (κ2) is 5.89. The van der Waals surface area contributed by atoms with Gasteiger partial charge in [0.1, 0.15) is 0 Å². The summed E-state index contributed by atoms with van der Waals surface area (Å²) in [6, 6.07) is 4.40. The Labute approximate surface area is 125 Å². The quantitative estimate of drug-likeness (QED) is 0.842. The van der Waals surface area contributed by atoms with Crippen LogP contribution in [0.15, 0.2) is 23.1 Å². The fourth-order valence-corrected chi connectivity index (χ4v) is 4.34. The first-order valence-electron chi connectivity index (χ1n) is 6.58. The zero-order chi connectivity index (χ0) is 14.9. The van der Waals surface area contributed by atoms with Gasteiger partial charge in [-0.25, -0.2) is 8.42 Å². The normalized spacial score (nSPS) is 22.6. The smallest absolute Gasteiger partial charge is 0.243 e. The molecule has 0 spiro atoms. The number of anilines is 1. The number of nitrogens with zero attached hydrogens (tertiary/aromatic N) is 2. The van der Waals surface area contributed by atoms with Crippen molar-refractivity contribution < 1.29 is 8.42 Å². The van der Waals surface area contributed by atoms with Gasteiger partial charge in [0, 0.05) is 19.1 Å². The molecule has 1 aliphatic heterocycles. The maximum atomic E-state index is 12.7. The second-order valence-corrected chi connectivity index (χ2v) is 7.56. The first-order chi connectivity index (χ1) is 9.32. The Morgan fingerprint density at radius 3 is 2.70 bits per heavy atom. The van der Waals surface area contributed by atoms with Crippen molar-refractivity contribution >= 4 is 27.3 Å². The molecule has 0 radical (unpaired) electrons. The first-order valence-corrected chi connectivity index (χ1v) is 8.39. The topological polar surface area (TPSA) is 66.6 Å². The largest absolute Gasteiger partial charge is 0.397 e. The molecular weight excluding hydrogens is 298 g/mol. The lowest BCUT2D eigenvalue weighted by molar-refractivity contribution is 0.290. The highest BCUT2D eigenvalue weighted by molar-refractivity contribution is 7.89. The van der Waals surface area contributed by atoms with E-state index in [1.807, 2.05) is 14.0 Å². The molecule has 1 aromatic rings. The zero-order valence-electron chi connectivity index (χ0n) is 11.7. The first kappa shape index (κ1) is 15.6. The molecule has 0 bridgehead atoms. The van der Waals surface area contributed by atoms with Crippen LogP contribution in [0.5, 0.6) is 0 Å². The van der Waals surface area contributed by atoms with Crippen LogP contribution in [-0.4, -0.2) is 50.3 Å². The van der Waals surface area contributed by atoms with Gasteiger partial charge in [-0.2, -0.15) is 4.31 Å². The fraction of sp³-hybridized carbons (Fsp3) is 0.538. The molecule has 5 nitrogen and oxygen atoms in total. The lowest BCUT2D eigenvalue weighted by Gasteiger charge is -2.27. The van der Waals surface area contributed by atoms with Crippen LogP contribution in [0.1, 0.15) is 13.3 Å². The van der Waals surface area contributed by atoms with E-state index >= 15 is 0 Å². The van der Waals surface area contributed by atoms with Crippen molar-refractivity contribution in [3.05, 3.63) is 23.2 Å². The van der Waals surface area contributed by atoms with Crippen LogP contribution in [0.4, 0.5) is 5.69 Å². The van der Waals surface area contributed by atoms with E-state index in [0.717, 1.165) is 19.5 Å². The molecule has 7 heteroatoms. The van der Waals surface area contributed by atoms with Gasteiger partial charge in [-0.3, -0.25) is 0 Å². The minimum absolute atomic E-state index is 0.0654. The summed E-state index contributed by atoms with van der Waals surface area (Å²) in [6.45, 7) is 4.08. The Hall–Kier alpha value is -0.820. The number of rotatable bonds is 2. The van der Waals surface area contributed by atoms with Crippen LogP contribution in [-0.2, 0) is 10.0 Å². The standard InChI is InChI=1S/C13H20ClN3O2S/c1-10-9-16(2)6-3-7-17(10)20(18,19)11-4-5-12(14)13(15)8-11/h4-5,8,10H,3,6-7,9,15H2,1-2H3. The summed E-state index contributed by atoms with van der Waals surface area (Å²) in [5, 5.41) is 0.368. The number of hydrogen-bond donors (Lipinski definition) is 1. The van der Waals surface area contributed by atoms with Gasteiger partial charge in [0.05, 0.1) is 15.6 Å². The van der Waals surface area contributed by atoms with E-state index in [4.69, 9.17) is 17.3 Å². The third-order valence-corrected chi connectivity index (χ3v) is 5.91. The van der Waals surface area contributed by atoms with Gasteiger partial charge in [0.15, 0.2) is 0 Å². The third kappa shape index (κ3) is 3.09. The van der Waals surface area contributed by atoms with Crippen molar-refractivity contribution in [2.75, 3.05) is 32.4 Å². The van der Waals surface area contributed by atoms with Crippen molar-refractivity contribution in [1.82, 2.24) is 9.21 Å². The van der Waals surface area contributed by atoms with Crippen molar-refractivity contribution in [2.45, 2.75) is 24.3 Å². The van der Waals surface area contributed by atoms with Crippen molar-refractivity contribution in [1.29, 1.82) is 0 Å². The zero-order valence-corrected chi connectivity index (χ0v) is 13.3. The van der Waals surface area contributed by atoms with Crippen LogP contribution in [0.25, 0.3) is 0 Å². The van der Waals surface area contributed by atoms with E-state index in [-0.39, 0.29) is 16.6 Å². The molecule has 2 rings (SSSR count). The van der Waals surface area contributed by atoms with Crippen LogP contribution < -0.4 is 5.73 Å². The third-order valence-electron chi connectivity index (χ3n) is 3.56. The predicted octanol–water partition coefficient (Wildman–Crippen LogP) is 1.64. The Bertz CT molecular complexity index is 591. The molecule has 0 aliphatic carbocycles. The summed E-state index contributed by atoms with van der Waals surface area (Å²) in [5.74, 6) is 0. The highest BCUT2D eigenvalue weighted by atomic mass is 35.5. The van der Waals surface area contributed by atoms with Gasteiger partial charge in [0.2, 0.25) is 10.0 Å². The lowest BCUT2D eigenvalue weighted by atomic mass is 10.3. The Balaban J connectivity index is 2.35. The van der Waals surface area contributed by atoms with E-state index in [1.165, 1.54) is 18.2 Å². The van der Waals surface area contributed by atoms with Crippen molar-refractivity contribution in [3.8, 4) is 0 Å². The SMILES string of the molecule is CC1CN(C)CCCN1S(=O)(=O)c1ccc(Cl)c(N)c1. The summed E-state index contributed by atoms with van der Waals surface area (Å²) in [5.41, 5.74) is 6.00. The summed E-state index contributed by atoms with van der Waals surface area (Å²) in [4.78, 5) is 2.35. The molecule has 1 aliphatic rings. The highest BCUT2D eigenvalue weighted by Crippen LogP contribution is 2.26. The molecule has 20 heavy (non-hydrogen) atoms. The summed E-state index contributed by atoms with van der Waals surface area (Å²) < 4.78 is 27.0. The molecule has 1 aromatic carbocycles. The minimum atomic E-state index is -3.53. The number of halogens is 1. The maximum Gasteiger partial charge on any atom is 0.243 e. The molecule has 1 saturated heterocycles. The summed E-state index contributed by atoms with van der Waals surface area (Å²) in [7, 11) is -1.52. The molecule has 0 saturated carbocycles. The number of nitrogen functional groups attached to an aromatic ring is 1. The molecule has 2 N–H and O–H groups in total. The monoisotopic (exact) mass is 317 g/mol. The van der Waals surface area contributed by atoms with Crippen molar-refractivity contribution in [2.24, 2.45) is 0 Å². The number of sulfonamides is 1. The van der Waals surface area contributed by atoms with Crippen LogP contribution in [0.2, 0.25) is 5.02 Å². The summed E-state index contributed by atoms with van der Waals surface area (Å²) >= 11 is 5.85. The van der Waals surface area contributed by atoms with Gasteiger partial charge < -0.3 is 10.6 Å². The molecule has 1 fully saturated rings. The van der Waals surface area contributed by atoms with E-state index < -0.39 is 10.0 Å².